The number of hydrogen-bond donors (Lipinski definition) is 2. The van der Waals surface area contributed by atoms with Crippen molar-refractivity contribution in [2.24, 2.45) is 5.92 Å². The SMILES string of the molecule is O=C(/C=C/c1ccc(N[C@@H]2CCN(CC3CC3)C2)nc1)NOC1CCCCO1. The third-order valence-corrected chi connectivity index (χ3v) is 5.48. The second-order valence-corrected chi connectivity index (χ2v) is 8.02. The van der Waals surface area contributed by atoms with Crippen molar-refractivity contribution < 1.29 is 14.4 Å². The summed E-state index contributed by atoms with van der Waals surface area (Å²) in [6.07, 6.45) is 11.5. The summed E-state index contributed by atoms with van der Waals surface area (Å²) in [6.45, 7) is 4.22. The number of anilines is 1. The minimum absolute atomic E-state index is 0.307. The summed E-state index contributed by atoms with van der Waals surface area (Å²) in [5.41, 5.74) is 3.29. The molecule has 1 saturated carbocycles. The standard InChI is InChI=1S/C21H30N4O3/c26-20(24-28-21-3-1-2-12-27-21)9-7-16-6-8-19(22-13-16)23-18-10-11-25(15-18)14-17-4-5-17/h6-9,13,17-18,21H,1-5,10-12,14-15H2,(H,22,23)(H,24,26)/b9-7+/t18-,21?/m1/s1. The van der Waals surface area contributed by atoms with Crippen molar-refractivity contribution in [3.63, 3.8) is 0 Å². The Labute approximate surface area is 166 Å². The Kier molecular flexibility index (Phi) is 6.57. The summed E-state index contributed by atoms with van der Waals surface area (Å²) in [6, 6.07) is 4.40. The third kappa shape index (κ3) is 6.02. The molecule has 2 atom stereocenters. The van der Waals surface area contributed by atoms with Crippen LogP contribution in [0.5, 0.6) is 0 Å². The summed E-state index contributed by atoms with van der Waals surface area (Å²) in [5.74, 6) is 1.52. The van der Waals surface area contributed by atoms with Crippen molar-refractivity contribution in [2.75, 3.05) is 31.6 Å². The van der Waals surface area contributed by atoms with Crippen LogP contribution in [0, 0.1) is 5.92 Å². The molecule has 2 aliphatic heterocycles. The van der Waals surface area contributed by atoms with Crippen molar-refractivity contribution in [1.82, 2.24) is 15.4 Å². The average Bonchev–Trinajstić information content (AvgIpc) is 3.44. The van der Waals surface area contributed by atoms with Gasteiger partial charge in [-0.3, -0.25) is 4.79 Å². The van der Waals surface area contributed by atoms with E-state index in [9.17, 15) is 4.79 Å². The molecule has 7 heteroatoms. The Bertz CT molecular complexity index is 669. The van der Waals surface area contributed by atoms with Gasteiger partial charge in [-0.15, -0.1) is 0 Å². The van der Waals surface area contributed by atoms with Crippen LogP contribution in [0.4, 0.5) is 5.82 Å². The predicted octanol–water partition coefficient (Wildman–Crippen LogP) is 2.57. The fourth-order valence-corrected chi connectivity index (χ4v) is 3.71. The lowest BCUT2D eigenvalue weighted by molar-refractivity contribution is -0.198. The maximum Gasteiger partial charge on any atom is 0.267 e. The maximum atomic E-state index is 11.9. The number of likely N-dealkylation sites (tertiary alicyclic amines) is 1. The van der Waals surface area contributed by atoms with Gasteiger partial charge in [0.25, 0.3) is 5.91 Å². The molecule has 1 aromatic heterocycles. The van der Waals surface area contributed by atoms with Gasteiger partial charge in [0.2, 0.25) is 0 Å². The summed E-state index contributed by atoms with van der Waals surface area (Å²) in [7, 11) is 0. The van der Waals surface area contributed by atoms with Gasteiger partial charge >= 0.3 is 0 Å². The van der Waals surface area contributed by atoms with Gasteiger partial charge in [0, 0.05) is 51.0 Å². The van der Waals surface area contributed by atoms with Crippen LogP contribution >= 0.6 is 0 Å². The summed E-state index contributed by atoms with van der Waals surface area (Å²) in [5, 5.41) is 3.52. The van der Waals surface area contributed by atoms with E-state index in [0.717, 1.165) is 43.1 Å². The minimum Gasteiger partial charge on any atom is -0.366 e. The monoisotopic (exact) mass is 386 g/mol. The molecule has 1 unspecified atom stereocenters. The number of rotatable bonds is 8. The first-order valence-corrected chi connectivity index (χ1v) is 10.4. The Morgan fingerprint density at radius 2 is 2.21 bits per heavy atom. The van der Waals surface area contributed by atoms with Crippen LogP contribution in [-0.4, -0.2) is 54.4 Å². The van der Waals surface area contributed by atoms with E-state index in [4.69, 9.17) is 9.57 Å². The molecule has 152 valence electrons. The Morgan fingerprint density at radius 1 is 1.29 bits per heavy atom. The quantitative estimate of drug-likeness (QED) is 0.528. The number of carbonyl (C=O) groups excluding carboxylic acids is 1. The molecule has 0 aromatic carbocycles. The molecule has 0 bridgehead atoms. The number of nitrogens with zero attached hydrogens (tertiary/aromatic N) is 2. The third-order valence-electron chi connectivity index (χ3n) is 5.48. The van der Waals surface area contributed by atoms with E-state index in [1.54, 1.807) is 12.3 Å². The highest BCUT2D eigenvalue weighted by Crippen LogP contribution is 2.31. The summed E-state index contributed by atoms with van der Waals surface area (Å²) < 4.78 is 5.41. The van der Waals surface area contributed by atoms with Crippen molar-refractivity contribution in [2.45, 2.75) is 50.9 Å². The Balaban J connectivity index is 1.18. The summed E-state index contributed by atoms with van der Waals surface area (Å²) in [4.78, 5) is 24.1. The molecule has 1 amide bonds. The van der Waals surface area contributed by atoms with Crippen LogP contribution in [0.25, 0.3) is 6.08 Å². The highest BCUT2D eigenvalue weighted by Gasteiger charge is 2.29. The number of amides is 1. The van der Waals surface area contributed by atoms with Gasteiger partial charge in [-0.1, -0.05) is 0 Å². The molecule has 2 saturated heterocycles. The van der Waals surface area contributed by atoms with E-state index >= 15 is 0 Å². The van der Waals surface area contributed by atoms with E-state index in [-0.39, 0.29) is 12.2 Å². The number of ether oxygens (including phenoxy) is 1. The van der Waals surface area contributed by atoms with Crippen molar-refractivity contribution in [3.05, 3.63) is 30.0 Å². The Morgan fingerprint density at radius 3 is 2.96 bits per heavy atom. The molecule has 4 rings (SSSR count). The molecule has 28 heavy (non-hydrogen) atoms. The van der Waals surface area contributed by atoms with Gasteiger partial charge in [0.15, 0.2) is 6.29 Å². The lowest BCUT2D eigenvalue weighted by atomic mass is 10.2. The van der Waals surface area contributed by atoms with E-state index in [0.29, 0.717) is 12.6 Å². The molecule has 0 spiro atoms. The minimum atomic E-state index is -0.339. The van der Waals surface area contributed by atoms with Gasteiger partial charge in [0.05, 0.1) is 0 Å². The molecule has 2 N–H and O–H groups in total. The van der Waals surface area contributed by atoms with Gasteiger partial charge in [0.1, 0.15) is 5.82 Å². The number of hydrogen-bond acceptors (Lipinski definition) is 6. The normalized spacial score (nSPS) is 25.9. The van der Waals surface area contributed by atoms with E-state index < -0.39 is 0 Å². The summed E-state index contributed by atoms with van der Waals surface area (Å²) >= 11 is 0. The molecule has 7 nitrogen and oxygen atoms in total. The fraction of sp³-hybridized carbons (Fsp3) is 0.619. The maximum absolute atomic E-state index is 11.9. The zero-order valence-electron chi connectivity index (χ0n) is 16.3. The number of pyridine rings is 1. The van der Waals surface area contributed by atoms with E-state index in [1.807, 2.05) is 12.1 Å². The Hall–Kier alpha value is -1.96. The first kappa shape index (κ1) is 19.4. The first-order valence-electron chi connectivity index (χ1n) is 10.4. The largest absolute Gasteiger partial charge is 0.366 e. The molecule has 3 fully saturated rings. The number of aromatic nitrogens is 1. The van der Waals surface area contributed by atoms with Crippen LogP contribution < -0.4 is 10.8 Å². The lowest BCUT2D eigenvalue weighted by Gasteiger charge is -2.21. The van der Waals surface area contributed by atoms with Crippen molar-refractivity contribution in [1.29, 1.82) is 0 Å². The molecule has 3 heterocycles. The zero-order valence-corrected chi connectivity index (χ0v) is 16.3. The van der Waals surface area contributed by atoms with Crippen molar-refractivity contribution >= 4 is 17.8 Å². The van der Waals surface area contributed by atoms with Gasteiger partial charge in [-0.05, 0) is 61.8 Å². The average molecular weight is 386 g/mol. The molecule has 3 aliphatic rings. The van der Waals surface area contributed by atoms with Gasteiger partial charge in [-0.2, -0.15) is 0 Å². The van der Waals surface area contributed by atoms with Gasteiger partial charge in [-0.25, -0.2) is 15.3 Å². The molecular weight excluding hydrogens is 356 g/mol. The lowest BCUT2D eigenvalue weighted by Crippen LogP contribution is -2.32. The first-order chi connectivity index (χ1) is 13.7. The van der Waals surface area contributed by atoms with E-state index in [2.05, 4.69) is 20.7 Å². The number of nitrogens with one attached hydrogen (secondary N) is 2. The molecule has 1 aromatic rings. The fourth-order valence-electron chi connectivity index (χ4n) is 3.71. The van der Waals surface area contributed by atoms with Crippen LogP contribution in [0.15, 0.2) is 24.4 Å². The molecule has 0 radical (unpaired) electrons. The predicted molar refractivity (Wildman–Crippen MR) is 107 cm³/mol. The van der Waals surface area contributed by atoms with Crippen LogP contribution in [0.2, 0.25) is 0 Å². The van der Waals surface area contributed by atoms with Gasteiger partial charge < -0.3 is 15.0 Å². The van der Waals surface area contributed by atoms with E-state index in [1.165, 1.54) is 38.4 Å². The topological polar surface area (TPSA) is 75.7 Å². The van der Waals surface area contributed by atoms with Crippen molar-refractivity contribution in [3.8, 4) is 0 Å². The molecule has 1 aliphatic carbocycles. The smallest absolute Gasteiger partial charge is 0.267 e. The van der Waals surface area contributed by atoms with Crippen LogP contribution in [0.3, 0.4) is 0 Å². The zero-order chi connectivity index (χ0) is 19.2. The van der Waals surface area contributed by atoms with Crippen LogP contribution in [0.1, 0.15) is 44.1 Å². The number of carbonyl (C=O) groups is 1. The molecular formula is C21H30N4O3. The highest BCUT2D eigenvalue weighted by atomic mass is 16.8. The van der Waals surface area contributed by atoms with Crippen LogP contribution in [-0.2, 0) is 14.4 Å². The second-order valence-electron chi connectivity index (χ2n) is 8.02. The highest BCUT2D eigenvalue weighted by molar-refractivity contribution is 5.90. The number of hydroxylamine groups is 1. The second kappa shape index (κ2) is 9.49.